The van der Waals surface area contributed by atoms with Gasteiger partial charge >= 0.3 is 28.0 Å². The second kappa shape index (κ2) is 14.5. The highest BCUT2D eigenvalue weighted by Gasteiger charge is 2.50. The Morgan fingerprint density at radius 3 is 2.15 bits per heavy atom. The highest BCUT2D eigenvalue weighted by Crippen LogP contribution is 2.68. The van der Waals surface area contributed by atoms with Crippen LogP contribution in [0, 0.1) is 0 Å². The van der Waals surface area contributed by atoms with Gasteiger partial charge in [-0.3, -0.25) is 37.7 Å². The topological polar surface area (TPSA) is 390 Å². The number of hydrogen-bond donors (Lipinski definition) is 10. The summed E-state index contributed by atoms with van der Waals surface area (Å²) in [6, 6.07) is 0. The van der Waals surface area contributed by atoms with E-state index in [0.717, 1.165) is 10.9 Å². The van der Waals surface area contributed by atoms with Crippen molar-refractivity contribution in [2.75, 3.05) is 31.8 Å². The van der Waals surface area contributed by atoms with Crippen molar-refractivity contribution in [1.82, 2.24) is 34.1 Å². The number of aliphatic hydroxyl groups excluding tert-OH is 3. The molecule has 11 atom stereocenters. The molecule has 292 valence electrons. The number of nitrogens with zero attached hydrogens (tertiary/aromatic N) is 6. The molecule has 12 N–H and O–H groups in total. The Balaban J connectivity index is 1.06. The van der Waals surface area contributed by atoms with Gasteiger partial charge in [-0.05, 0) is 11.8 Å². The van der Waals surface area contributed by atoms with Crippen LogP contribution in [0.4, 0.5) is 11.9 Å². The SMILES string of the molecule is CO[C@@H]1[C@H](O)[C@@H](COP(=O)(O)OP(O)(=S)OP(=O)(O)OC[C@H]2O[C@@H](n3cnc4c(=O)[nH]c(N)nc43)[C@H](O)[C@@H]2O)O[C@H]1[n+]1cn(C)c2c(=O)[nH]c(N)nc21. The average Bonchev–Trinajstić information content (AvgIpc) is 3.77. The molecule has 0 saturated carbocycles. The summed E-state index contributed by atoms with van der Waals surface area (Å²) in [5.41, 5.74) is 9.84. The van der Waals surface area contributed by atoms with Crippen LogP contribution in [0.25, 0.3) is 22.3 Å². The van der Waals surface area contributed by atoms with Crippen molar-refractivity contribution in [2.24, 2.45) is 7.05 Å². The highest BCUT2D eigenvalue weighted by atomic mass is 32.5. The number of ether oxygens (including phenoxy) is 3. The molecule has 27 nitrogen and oxygen atoms in total. The molecule has 2 aliphatic rings. The predicted octanol–water partition coefficient (Wildman–Crippen LogP) is -3.78. The molecule has 31 heteroatoms. The first kappa shape index (κ1) is 39.6. The standard InChI is InChI=1S/C22H31N10O17P3S/c1-30-6-32(16-10(30)18(37)29-22(24)27-16)20-14(43-2)12(34)8(47-20)4-45-51(40,41)49-52(42,53)48-50(38,39)44-3-7-11(33)13(35)19(46-7)31-5-25-9-15(31)26-21(23)28-17(9)36/h5-8,11-14,19-20,33-35H,3-4H2,1-2H3,(H8-,23,24,26,27,28,29,36,37,38,39,40,41,42,53)/p+1/t7-,8-,11-,12-,13-,14-,19-,20-,52?/m1/s1. The van der Waals surface area contributed by atoms with Gasteiger partial charge in [-0.2, -0.15) is 4.98 Å². The van der Waals surface area contributed by atoms with Crippen LogP contribution in [0.15, 0.2) is 22.2 Å². The number of aryl methyl sites for hydroxylation is 1. The van der Waals surface area contributed by atoms with E-state index in [1.54, 1.807) is 0 Å². The Kier molecular flexibility index (Phi) is 10.8. The summed E-state index contributed by atoms with van der Waals surface area (Å²) in [6.07, 6.45) is -9.25. The number of aromatic nitrogens is 8. The Hall–Kier alpha value is -3.11. The van der Waals surface area contributed by atoms with Gasteiger partial charge in [-0.15, -0.1) is 0 Å². The molecule has 0 spiro atoms. The monoisotopic (exact) mass is 833 g/mol. The van der Waals surface area contributed by atoms with E-state index in [0.29, 0.717) is 0 Å². The molecule has 2 fully saturated rings. The van der Waals surface area contributed by atoms with Gasteiger partial charge < -0.3 is 55.7 Å². The van der Waals surface area contributed by atoms with Crippen molar-refractivity contribution in [3.8, 4) is 0 Å². The third-order valence-electron chi connectivity index (χ3n) is 7.93. The molecule has 2 aliphatic heterocycles. The maximum atomic E-state index is 12.7. The zero-order valence-electron chi connectivity index (χ0n) is 26.9. The molecule has 6 rings (SSSR count). The maximum absolute atomic E-state index is 12.7. The molecule has 0 amide bonds. The summed E-state index contributed by atoms with van der Waals surface area (Å²) in [5, 5.41) is 31.9. The number of anilines is 2. The first-order valence-electron chi connectivity index (χ1n) is 14.8. The van der Waals surface area contributed by atoms with E-state index in [9.17, 15) is 48.7 Å². The van der Waals surface area contributed by atoms with Gasteiger partial charge in [-0.25, -0.2) is 27.3 Å². The van der Waals surface area contributed by atoms with Crippen molar-refractivity contribution in [3.63, 3.8) is 0 Å². The minimum atomic E-state index is -5.47. The number of aliphatic hydroxyl groups is 3. The normalized spacial score (nSPS) is 29.7. The number of fused-ring (bicyclic) bond motifs is 2. The molecule has 2 saturated heterocycles. The smallest absolute Gasteiger partial charge is 0.387 e. The largest absolute Gasteiger partial charge is 0.479 e. The summed E-state index contributed by atoms with van der Waals surface area (Å²) in [4.78, 5) is 71.8. The molecule has 4 aromatic heterocycles. The molecule has 53 heavy (non-hydrogen) atoms. The van der Waals surface area contributed by atoms with Crippen molar-refractivity contribution < 1.29 is 75.6 Å². The number of hydrogen-bond acceptors (Lipinski definition) is 20. The third-order valence-corrected chi connectivity index (χ3v) is 13.4. The van der Waals surface area contributed by atoms with Crippen molar-refractivity contribution in [3.05, 3.63) is 33.4 Å². The Morgan fingerprint density at radius 2 is 1.53 bits per heavy atom. The first-order chi connectivity index (χ1) is 24.7. The zero-order chi connectivity index (χ0) is 38.8. The fraction of sp³-hybridized carbons (Fsp3) is 0.545. The molecular formula is C22H32N10O17P3S+. The van der Waals surface area contributed by atoms with Crippen LogP contribution < -0.4 is 27.2 Å². The summed E-state index contributed by atoms with van der Waals surface area (Å²) < 4.78 is 64.3. The molecule has 0 radical (unpaired) electrons. The predicted molar refractivity (Wildman–Crippen MR) is 175 cm³/mol. The summed E-state index contributed by atoms with van der Waals surface area (Å²) in [7, 11) is -8.15. The number of imidazole rings is 2. The van der Waals surface area contributed by atoms with Crippen molar-refractivity contribution >= 4 is 68.4 Å². The fourth-order valence-electron chi connectivity index (χ4n) is 5.67. The van der Waals surface area contributed by atoms with E-state index >= 15 is 0 Å². The fourth-order valence-corrected chi connectivity index (χ4v) is 10.7. The van der Waals surface area contributed by atoms with Crippen LogP contribution in [0.1, 0.15) is 12.5 Å². The molecule has 6 heterocycles. The van der Waals surface area contributed by atoms with Gasteiger partial charge in [0.05, 0.1) is 26.6 Å². The van der Waals surface area contributed by atoms with Crippen LogP contribution in [0.3, 0.4) is 0 Å². The quantitative estimate of drug-likeness (QED) is 0.0456. The van der Waals surface area contributed by atoms with Gasteiger partial charge in [-0.1, -0.05) is 4.98 Å². The van der Waals surface area contributed by atoms with E-state index in [1.165, 1.54) is 29.6 Å². The van der Waals surface area contributed by atoms with Crippen molar-refractivity contribution in [2.45, 2.75) is 49.1 Å². The van der Waals surface area contributed by atoms with Crippen LogP contribution in [-0.2, 0) is 59.9 Å². The molecule has 4 aromatic rings. The number of methoxy groups -OCH3 is 1. The number of phosphoric ester groups is 2. The lowest BCUT2D eigenvalue weighted by atomic mass is 10.1. The summed E-state index contributed by atoms with van der Waals surface area (Å²) in [5.74, 6) is -0.499. The molecule has 0 bridgehead atoms. The molecular weight excluding hydrogens is 801 g/mol. The van der Waals surface area contributed by atoms with E-state index in [2.05, 4.69) is 45.3 Å². The summed E-state index contributed by atoms with van der Waals surface area (Å²) in [6.45, 7) is -7.04. The lowest BCUT2D eigenvalue weighted by molar-refractivity contribution is -0.746. The van der Waals surface area contributed by atoms with Gasteiger partial charge in [0.1, 0.15) is 36.6 Å². The van der Waals surface area contributed by atoms with Gasteiger partial charge in [0, 0.05) is 7.11 Å². The number of nitrogen functional groups attached to an aromatic ring is 2. The Morgan fingerprint density at radius 1 is 0.943 bits per heavy atom. The molecule has 0 aromatic carbocycles. The molecule has 0 aliphatic carbocycles. The number of aromatic amines is 2. The van der Waals surface area contributed by atoms with Crippen LogP contribution >= 0.6 is 22.4 Å². The van der Waals surface area contributed by atoms with E-state index in [4.69, 9.17) is 34.7 Å². The third kappa shape index (κ3) is 8.00. The van der Waals surface area contributed by atoms with Gasteiger partial charge in [0.25, 0.3) is 17.1 Å². The van der Waals surface area contributed by atoms with E-state index in [1.807, 2.05) is 0 Å². The Labute approximate surface area is 299 Å². The number of nitrogens with two attached hydrogens (primary N) is 2. The number of phosphoric acid groups is 2. The number of H-pyrrole nitrogens is 2. The lowest BCUT2D eigenvalue weighted by Gasteiger charge is -2.23. The second-order valence-corrected chi connectivity index (χ2v) is 17.5. The minimum absolute atomic E-state index is 0.0528. The Bertz CT molecular complexity index is 2300. The van der Waals surface area contributed by atoms with Gasteiger partial charge in [0.2, 0.25) is 17.7 Å². The lowest BCUT2D eigenvalue weighted by Crippen LogP contribution is -2.47. The van der Waals surface area contributed by atoms with E-state index in [-0.39, 0.29) is 34.2 Å². The van der Waals surface area contributed by atoms with Crippen LogP contribution in [0.5, 0.6) is 0 Å². The van der Waals surface area contributed by atoms with Gasteiger partial charge in [0.15, 0.2) is 23.7 Å². The zero-order valence-corrected chi connectivity index (χ0v) is 30.4. The highest BCUT2D eigenvalue weighted by molar-refractivity contribution is 8.09. The second-order valence-electron chi connectivity index (χ2n) is 11.5. The van der Waals surface area contributed by atoms with E-state index < -0.39 is 95.8 Å². The molecule has 3 unspecified atom stereocenters. The van der Waals surface area contributed by atoms with Crippen LogP contribution in [-0.4, -0.2) is 121 Å². The first-order valence-corrected chi connectivity index (χ1v) is 20.4. The maximum Gasteiger partial charge on any atom is 0.479 e. The summed E-state index contributed by atoms with van der Waals surface area (Å²) >= 11 is 4.60. The number of rotatable bonds is 13. The minimum Gasteiger partial charge on any atom is -0.387 e. The van der Waals surface area contributed by atoms with Crippen LogP contribution in [0.2, 0.25) is 0 Å². The van der Waals surface area contributed by atoms with Crippen molar-refractivity contribution in [1.29, 1.82) is 0 Å². The number of nitrogens with one attached hydrogen (secondary N) is 2. The average molecular weight is 834 g/mol.